The van der Waals surface area contributed by atoms with Crippen LogP contribution in [0.5, 0.6) is 0 Å². The van der Waals surface area contributed by atoms with Crippen LogP contribution in [0.4, 0.5) is 10.5 Å². The van der Waals surface area contributed by atoms with Gasteiger partial charge in [0.2, 0.25) is 0 Å². The molecular formula is C13H17N3O3. The molecule has 1 heterocycles. The van der Waals surface area contributed by atoms with Gasteiger partial charge in [0, 0.05) is 17.7 Å². The molecule has 2 rings (SSSR count). The molecule has 0 aromatic carbocycles. The highest BCUT2D eigenvalue weighted by atomic mass is 16.4. The fraction of sp³-hybridized carbons (Fsp3) is 0.462. The number of hydrogen-bond acceptors (Lipinski definition) is 4. The normalized spacial score (nSPS) is 17.3. The number of carboxylic acid groups (broad SMARTS) is 1. The highest BCUT2D eigenvalue weighted by Gasteiger charge is 2.49. The second kappa shape index (κ2) is 5.26. The topological polar surface area (TPSA) is 91.3 Å². The zero-order valence-corrected chi connectivity index (χ0v) is 10.7. The zero-order valence-electron chi connectivity index (χ0n) is 10.7. The monoisotopic (exact) mass is 263 g/mol. The summed E-state index contributed by atoms with van der Waals surface area (Å²) in [4.78, 5) is 26.0. The maximum absolute atomic E-state index is 11.2. The number of carbonyl (C=O) groups is 2. The van der Waals surface area contributed by atoms with Crippen molar-refractivity contribution in [3.8, 4) is 0 Å². The Morgan fingerprint density at radius 2 is 2.32 bits per heavy atom. The molecule has 1 aliphatic rings. The Bertz CT molecular complexity index is 469. The van der Waals surface area contributed by atoms with E-state index in [4.69, 9.17) is 5.11 Å². The van der Waals surface area contributed by atoms with E-state index in [2.05, 4.69) is 15.6 Å². The second-order valence-corrected chi connectivity index (χ2v) is 4.97. The lowest BCUT2D eigenvalue weighted by Gasteiger charge is -2.24. The van der Waals surface area contributed by atoms with Gasteiger partial charge in [-0.05, 0) is 31.9 Å². The maximum Gasteiger partial charge on any atom is 0.404 e. The summed E-state index contributed by atoms with van der Waals surface area (Å²) in [7, 11) is 0. The van der Waals surface area contributed by atoms with Gasteiger partial charge in [-0.1, -0.05) is 0 Å². The highest BCUT2D eigenvalue weighted by Crippen LogP contribution is 2.48. The number of carbonyl (C=O) groups excluding carboxylic acids is 1. The molecule has 0 spiro atoms. The maximum atomic E-state index is 11.2. The van der Waals surface area contributed by atoms with Crippen LogP contribution in [0.25, 0.3) is 0 Å². The molecule has 0 saturated heterocycles. The molecule has 6 heteroatoms. The molecule has 0 bridgehead atoms. The molecular weight excluding hydrogens is 246 g/mol. The van der Waals surface area contributed by atoms with Gasteiger partial charge in [-0.25, -0.2) is 4.79 Å². The number of hydrogen-bond donors (Lipinski definition) is 3. The predicted octanol–water partition coefficient (Wildman–Crippen LogP) is 1.42. The number of aryl methyl sites for hydroxylation is 1. The van der Waals surface area contributed by atoms with Crippen molar-refractivity contribution < 1.29 is 14.7 Å². The van der Waals surface area contributed by atoms with Crippen molar-refractivity contribution in [2.45, 2.75) is 25.8 Å². The number of nitrogens with one attached hydrogen (secondary N) is 2. The molecule has 1 atom stereocenters. The van der Waals surface area contributed by atoms with E-state index in [1.165, 1.54) is 0 Å². The van der Waals surface area contributed by atoms with Crippen molar-refractivity contribution in [2.24, 2.45) is 5.41 Å². The number of pyridine rings is 1. The number of anilines is 1. The summed E-state index contributed by atoms with van der Waals surface area (Å²) < 4.78 is 0. The Hall–Kier alpha value is -2.11. The predicted molar refractivity (Wildman–Crippen MR) is 70.1 cm³/mol. The Labute approximate surface area is 111 Å². The lowest BCUT2D eigenvalue weighted by atomic mass is 9.97. The second-order valence-electron chi connectivity index (χ2n) is 4.97. The molecule has 19 heavy (non-hydrogen) atoms. The van der Waals surface area contributed by atoms with Crippen LogP contribution in [0.1, 0.15) is 18.5 Å². The lowest BCUT2D eigenvalue weighted by Crippen LogP contribution is -2.40. The molecule has 6 nitrogen and oxygen atoms in total. The molecule has 1 amide bonds. The molecule has 1 aromatic heterocycles. The van der Waals surface area contributed by atoms with E-state index < -0.39 is 12.1 Å². The van der Waals surface area contributed by atoms with Crippen LogP contribution in [0.3, 0.4) is 0 Å². The van der Waals surface area contributed by atoms with Crippen LogP contribution in [-0.4, -0.2) is 35.1 Å². The van der Waals surface area contributed by atoms with Crippen molar-refractivity contribution in [3.05, 3.63) is 24.0 Å². The van der Waals surface area contributed by atoms with Gasteiger partial charge in [0.1, 0.15) is 6.29 Å². The van der Waals surface area contributed by atoms with Crippen LogP contribution in [0.2, 0.25) is 0 Å². The van der Waals surface area contributed by atoms with Gasteiger partial charge >= 0.3 is 6.09 Å². The van der Waals surface area contributed by atoms with E-state index in [1.807, 2.05) is 19.1 Å². The first-order valence-electron chi connectivity index (χ1n) is 6.17. The number of nitrogens with zero attached hydrogens (tertiary/aromatic N) is 1. The summed E-state index contributed by atoms with van der Waals surface area (Å²) in [5.74, 6) is 0. The SMILES string of the molecule is Cc1ccc(NC(C=O)C2(CNC(=O)O)CC2)cn1. The van der Waals surface area contributed by atoms with Crippen LogP contribution < -0.4 is 10.6 Å². The Balaban J connectivity index is 2.01. The van der Waals surface area contributed by atoms with Gasteiger partial charge in [-0.2, -0.15) is 0 Å². The van der Waals surface area contributed by atoms with E-state index in [-0.39, 0.29) is 12.0 Å². The molecule has 1 aromatic rings. The van der Waals surface area contributed by atoms with Gasteiger partial charge < -0.3 is 20.5 Å². The summed E-state index contributed by atoms with van der Waals surface area (Å²) in [5, 5.41) is 14.1. The lowest BCUT2D eigenvalue weighted by molar-refractivity contribution is -0.109. The third kappa shape index (κ3) is 3.21. The average molecular weight is 263 g/mol. The fourth-order valence-electron chi connectivity index (χ4n) is 2.07. The van der Waals surface area contributed by atoms with Gasteiger partial charge in [-0.3, -0.25) is 4.98 Å². The van der Waals surface area contributed by atoms with Crippen LogP contribution >= 0.6 is 0 Å². The average Bonchev–Trinajstić information content (AvgIpc) is 3.17. The molecule has 0 radical (unpaired) electrons. The van der Waals surface area contributed by atoms with Crippen LogP contribution in [0, 0.1) is 12.3 Å². The molecule has 1 unspecified atom stereocenters. The smallest absolute Gasteiger partial charge is 0.404 e. The number of aldehydes is 1. The molecule has 0 aliphatic heterocycles. The van der Waals surface area contributed by atoms with E-state index in [9.17, 15) is 9.59 Å². The minimum atomic E-state index is -1.06. The van der Waals surface area contributed by atoms with Gasteiger partial charge in [0.25, 0.3) is 0 Å². The molecule has 1 fully saturated rings. The van der Waals surface area contributed by atoms with Crippen molar-refractivity contribution in [2.75, 3.05) is 11.9 Å². The Morgan fingerprint density at radius 1 is 1.58 bits per heavy atom. The standard InChI is InChI=1S/C13H17N3O3/c1-9-2-3-10(6-14-9)16-11(7-17)13(4-5-13)8-15-12(18)19/h2-3,6-7,11,15-16H,4-5,8H2,1H3,(H,18,19). The summed E-state index contributed by atoms with van der Waals surface area (Å²) >= 11 is 0. The fourth-order valence-corrected chi connectivity index (χ4v) is 2.07. The van der Waals surface area contributed by atoms with Crippen molar-refractivity contribution in [3.63, 3.8) is 0 Å². The Morgan fingerprint density at radius 3 is 2.79 bits per heavy atom. The summed E-state index contributed by atoms with van der Waals surface area (Å²) in [5.41, 5.74) is 1.37. The van der Waals surface area contributed by atoms with Gasteiger partial charge in [0.05, 0.1) is 17.9 Å². The van der Waals surface area contributed by atoms with Crippen LogP contribution in [-0.2, 0) is 4.79 Å². The van der Waals surface area contributed by atoms with E-state index in [0.717, 1.165) is 30.5 Å². The van der Waals surface area contributed by atoms with Gasteiger partial charge in [-0.15, -0.1) is 0 Å². The molecule has 102 valence electrons. The first kappa shape index (κ1) is 13.3. The van der Waals surface area contributed by atoms with Crippen molar-refractivity contribution in [1.82, 2.24) is 10.3 Å². The Kier molecular flexibility index (Phi) is 3.69. The summed E-state index contributed by atoms with van der Waals surface area (Å²) in [6, 6.07) is 3.32. The first-order valence-corrected chi connectivity index (χ1v) is 6.17. The van der Waals surface area contributed by atoms with Crippen LogP contribution in [0.15, 0.2) is 18.3 Å². The van der Waals surface area contributed by atoms with E-state index in [1.54, 1.807) is 6.20 Å². The van der Waals surface area contributed by atoms with E-state index >= 15 is 0 Å². The van der Waals surface area contributed by atoms with Gasteiger partial charge in [0.15, 0.2) is 0 Å². The summed E-state index contributed by atoms with van der Waals surface area (Å²) in [6.45, 7) is 2.18. The van der Waals surface area contributed by atoms with E-state index in [0.29, 0.717) is 0 Å². The number of aromatic nitrogens is 1. The molecule has 3 N–H and O–H groups in total. The highest BCUT2D eigenvalue weighted by molar-refractivity contribution is 5.68. The first-order chi connectivity index (χ1) is 9.05. The zero-order chi connectivity index (χ0) is 13.9. The van der Waals surface area contributed by atoms with Crippen molar-refractivity contribution in [1.29, 1.82) is 0 Å². The third-order valence-electron chi connectivity index (χ3n) is 3.51. The number of amides is 1. The minimum absolute atomic E-state index is 0.290. The number of rotatable bonds is 6. The minimum Gasteiger partial charge on any atom is -0.465 e. The third-order valence-corrected chi connectivity index (χ3v) is 3.51. The quantitative estimate of drug-likeness (QED) is 0.675. The summed E-state index contributed by atoms with van der Waals surface area (Å²) in [6.07, 6.45) is 3.13. The largest absolute Gasteiger partial charge is 0.465 e. The molecule has 1 aliphatic carbocycles. The molecule has 1 saturated carbocycles. The van der Waals surface area contributed by atoms with Crippen molar-refractivity contribution >= 4 is 18.1 Å².